The third-order valence-corrected chi connectivity index (χ3v) is 6.45. The fraction of sp³-hybridized carbons (Fsp3) is 0.500. The average molecular weight is 450 g/mol. The van der Waals surface area contributed by atoms with E-state index in [4.69, 9.17) is 5.73 Å². The smallest absolute Gasteiger partial charge is 0.255 e. The van der Waals surface area contributed by atoms with Gasteiger partial charge >= 0.3 is 0 Å². The van der Waals surface area contributed by atoms with Crippen LogP contribution in [0.15, 0.2) is 24.3 Å². The number of nitrogens with two attached hydrogens (primary N) is 1. The number of thiazole rings is 1. The maximum Gasteiger partial charge on any atom is 0.255 e. The molecule has 0 spiro atoms. The van der Waals surface area contributed by atoms with Gasteiger partial charge in [-0.15, -0.1) is 0 Å². The van der Waals surface area contributed by atoms with Crippen molar-refractivity contribution < 1.29 is 14.4 Å². The van der Waals surface area contributed by atoms with Crippen molar-refractivity contribution in [3.8, 4) is 0 Å². The molecule has 1 aromatic heterocycles. The van der Waals surface area contributed by atoms with Gasteiger partial charge in [-0.25, -0.2) is 4.98 Å². The molecule has 1 saturated heterocycles. The second kappa shape index (κ2) is 10.7. The van der Waals surface area contributed by atoms with Crippen molar-refractivity contribution in [1.82, 2.24) is 14.8 Å². The fourth-order valence-electron chi connectivity index (χ4n) is 3.46. The number of ketones is 1. The topological polar surface area (TPSA) is 109 Å². The lowest BCUT2D eigenvalue weighted by Crippen LogP contribution is -2.57. The third kappa shape index (κ3) is 5.93. The predicted molar refractivity (Wildman–Crippen MR) is 122 cm³/mol. The van der Waals surface area contributed by atoms with Gasteiger partial charge in [0, 0.05) is 44.8 Å². The first-order valence-electron chi connectivity index (χ1n) is 10.0. The maximum atomic E-state index is 12.4. The SMILES string of the molecule is NC(=O)C(Nc1nc2ccccc2s1)N1CCN(C(=O)CCCCC(=O)CS)CC1. The van der Waals surface area contributed by atoms with Crippen LogP contribution in [0.3, 0.4) is 0 Å². The molecule has 2 heterocycles. The fourth-order valence-corrected chi connectivity index (χ4v) is 4.50. The van der Waals surface area contributed by atoms with Gasteiger partial charge in [0.2, 0.25) is 5.91 Å². The van der Waals surface area contributed by atoms with Crippen molar-refractivity contribution in [2.24, 2.45) is 5.73 Å². The number of Topliss-reactive ketones (excluding diaryl/α,β-unsaturated/α-hetero) is 1. The minimum atomic E-state index is -0.671. The van der Waals surface area contributed by atoms with E-state index in [0.717, 1.165) is 10.2 Å². The van der Waals surface area contributed by atoms with Crippen molar-refractivity contribution in [3.63, 3.8) is 0 Å². The Morgan fingerprint density at radius 2 is 1.83 bits per heavy atom. The Morgan fingerprint density at radius 1 is 1.13 bits per heavy atom. The Balaban J connectivity index is 1.49. The molecule has 1 atom stereocenters. The first-order chi connectivity index (χ1) is 14.5. The lowest BCUT2D eigenvalue weighted by atomic mass is 10.1. The van der Waals surface area contributed by atoms with Crippen LogP contribution >= 0.6 is 24.0 Å². The number of benzene rings is 1. The molecule has 3 N–H and O–H groups in total. The Morgan fingerprint density at radius 3 is 2.50 bits per heavy atom. The number of thiol groups is 1. The molecule has 8 nitrogen and oxygen atoms in total. The first kappa shape index (κ1) is 22.5. The van der Waals surface area contributed by atoms with Crippen molar-refractivity contribution >= 4 is 56.9 Å². The molecule has 30 heavy (non-hydrogen) atoms. The molecule has 1 aliphatic rings. The van der Waals surface area contributed by atoms with E-state index in [1.807, 2.05) is 34.1 Å². The summed E-state index contributed by atoms with van der Waals surface area (Å²) in [5.41, 5.74) is 6.52. The number of carbonyl (C=O) groups excluding carboxylic acids is 3. The summed E-state index contributed by atoms with van der Waals surface area (Å²) in [5.74, 6) is -0.0229. The summed E-state index contributed by atoms with van der Waals surface area (Å²) in [6.45, 7) is 2.18. The van der Waals surface area contributed by atoms with Crippen LogP contribution in [0.4, 0.5) is 5.13 Å². The molecule has 0 saturated carbocycles. The maximum absolute atomic E-state index is 12.4. The lowest BCUT2D eigenvalue weighted by Gasteiger charge is -2.38. The van der Waals surface area contributed by atoms with Crippen LogP contribution in [-0.2, 0) is 14.4 Å². The molecule has 0 radical (unpaired) electrons. The number of piperazine rings is 1. The Bertz CT molecular complexity index is 862. The van der Waals surface area contributed by atoms with Crippen LogP contribution in [0.25, 0.3) is 10.2 Å². The van der Waals surface area contributed by atoms with Crippen molar-refractivity contribution in [2.45, 2.75) is 31.8 Å². The van der Waals surface area contributed by atoms with Crippen LogP contribution < -0.4 is 11.1 Å². The molecule has 0 bridgehead atoms. The van der Waals surface area contributed by atoms with Crippen LogP contribution in [0.1, 0.15) is 25.7 Å². The Labute approximate surface area is 185 Å². The Hall–Kier alpha value is -2.17. The van der Waals surface area contributed by atoms with Gasteiger partial charge in [0.15, 0.2) is 11.3 Å². The number of amides is 2. The van der Waals surface area contributed by atoms with Crippen LogP contribution in [-0.4, -0.2) is 70.5 Å². The van der Waals surface area contributed by atoms with Crippen molar-refractivity contribution in [3.05, 3.63) is 24.3 Å². The predicted octanol–water partition coefficient (Wildman–Crippen LogP) is 1.72. The first-order valence-corrected chi connectivity index (χ1v) is 11.5. The van der Waals surface area contributed by atoms with E-state index in [1.54, 1.807) is 0 Å². The molecule has 0 aliphatic carbocycles. The molecular formula is C20H27N5O3S2. The van der Waals surface area contributed by atoms with Crippen LogP contribution in [0.2, 0.25) is 0 Å². The number of anilines is 1. The number of fused-ring (bicyclic) bond motifs is 1. The number of hydrogen-bond acceptors (Lipinski definition) is 8. The molecule has 2 amide bonds. The summed E-state index contributed by atoms with van der Waals surface area (Å²) < 4.78 is 1.04. The van der Waals surface area contributed by atoms with E-state index in [2.05, 4.69) is 22.9 Å². The minimum absolute atomic E-state index is 0.0859. The number of rotatable bonds is 10. The van der Waals surface area contributed by atoms with E-state index in [9.17, 15) is 14.4 Å². The molecule has 1 fully saturated rings. The number of nitrogens with zero attached hydrogens (tertiary/aromatic N) is 3. The van der Waals surface area contributed by atoms with E-state index >= 15 is 0 Å². The highest BCUT2D eigenvalue weighted by molar-refractivity contribution is 7.81. The number of hydrogen-bond donors (Lipinski definition) is 3. The highest BCUT2D eigenvalue weighted by Gasteiger charge is 2.29. The summed E-state index contributed by atoms with van der Waals surface area (Å²) in [7, 11) is 0. The number of primary amides is 1. The van der Waals surface area contributed by atoms with Crippen LogP contribution in [0.5, 0.6) is 0 Å². The van der Waals surface area contributed by atoms with E-state index in [-0.39, 0.29) is 17.4 Å². The zero-order chi connectivity index (χ0) is 21.5. The average Bonchev–Trinajstić information content (AvgIpc) is 3.17. The van der Waals surface area contributed by atoms with Crippen molar-refractivity contribution in [1.29, 1.82) is 0 Å². The van der Waals surface area contributed by atoms with Gasteiger partial charge in [-0.1, -0.05) is 23.5 Å². The normalized spacial score (nSPS) is 15.8. The summed E-state index contributed by atoms with van der Waals surface area (Å²) in [5, 5.41) is 3.80. The quantitative estimate of drug-likeness (QED) is 0.377. The van der Waals surface area contributed by atoms with Gasteiger partial charge in [0.05, 0.1) is 10.2 Å². The van der Waals surface area contributed by atoms with E-state index < -0.39 is 12.1 Å². The summed E-state index contributed by atoms with van der Waals surface area (Å²) >= 11 is 5.43. The number of unbranched alkanes of at least 4 members (excludes halogenated alkanes) is 1. The van der Waals surface area contributed by atoms with Crippen LogP contribution in [0, 0.1) is 0 Å². The zero-order valence-electron chi connectivity index (χ0n) is 16.7. The highest BCUT2D eigenvalue weighted by atomic mass is 32.1. The minimum Gasteiger partial charge on any atom is -0.367 e. The number of nitrogens with one attached hydrogen (secondary N) is 1. The summed E-state index contributed by atoms with van der Waals surface area (Å²) in [4.78, 5) is 44.0. The molecule has 3 rings (SSSR count). The third-order valence-electron chi connectivity index (χ3n) is 5.13. The molecular weight excluding hydrogens is 422 g/mol. The highest BCUT2D eigenvalue weighted by Crippen LogP contribution is 2.26. The molecule has 1 aliphatic heterocycles. The second-order valence-corrected chi connectivity index (χ2v) is 8.60. The largest absolute Gasteiger partial charge is 0.367 e. The summed E-state index contributed by atoms with van der Waals surface area (Å²) in [6, 6.07) is 7.78. The zero-order valence-corrected chi connectivity index (χ0v) is 18.5. The van der Waals surface area contributed by atoms with E-state index in [1.165, 1.54) is 11.3 Å². The molecule has 162 valence electrons. The van der Waals surface area contributed by atoms with Gasteiger partial charge in [0.25, 0.3) is 5.91 Å². The molecule has 10 heteroatoms. The standard InChI is InChI=1S/C20H27N5O3S2/c21-18(28)19(23-20-22-15-6-2-3-7-16(15)30-20)25-11-9-24(10-12-25)17(27)8-4-1-5-14(26)13-29/h2-3,6-7,19,29H,1,4-5,8-13H2,(H2,21,28)(H,22,23). The number of aromatic nitrogens is 1. The second-order valence-electron chi connectivity index (χ2n) is 7.26. The van der Waals surface area contributed by atoms with E-state index in [0.29, 0.717) is 57.0 Å². The van der Waals surface area contributed by atoms with Crippen molar-refractivity contribution in [2.75, 3.05) is 37.2 Å². The van der Waals surface area contributed by atoms with Gasteiger partial charge in [-0.3, -0.25) is 19.3 Å². The molecule has 2 aromatic rings. The van der Waals surface area contributed by atoms with Gasteiger partial charge < -0.3 is 16.0 Å². The summed E-state index contributed by atoms with van der Waals surface area (Å²) in [6.07, 6.45) is 1.64. The Kier molecular flexibility index (Phi) is 8.06. The monoisotopic (exact) mass is 449 g/mol. The molecule has 1 aromatic carbocycles. The molecule has 1 unspecified atom stereocenters. The number of carbonyl (C=O) groups is 3. The lowest BCUT2D eigenvalue weighted by molar-refractivity contribution is -0.134. The van der Waals surface area contributed by atoms with Gasteiger partial charge in [0.1, 0.15) is 5.78 Å². The van der Waals surface area contributed by atoms with Gasteiger partial charge in [-0.2, -0.15) is 12.6 Å². The number of para-hydroxylation sites is 1. The van der Waals surface area contributed by atoms with Gasteiger partial charge in [-0.05, 0) is 25.0 Å².